The quantitative estimate of drug-likeness (QED) is 0.458. The Hall–Kier alpha value is -3.11. The van der Waals surface area contributed by atoms with E-state index in [1.165, 1.54) is 16.7 Å². The molecule has 3 aromatic carbocycles. The first-order chi connectivity index (χ1) is 14.0. The lowest BCUT2D eigenvalue weighted by Gasteiger charge is -2.17. The molecule has 0 heterocycles. The van der Waals surface area contributed by atoms with E-state index in [9.17, 15) is 4.79 Å². The first kappa shape index (κ1) is 20.6. The average molecular weight is 389 g/mol. The van der Waals surface area contributed by atoms with Gasteiger partial charge in [0.25, 0.3) is 0 Å². The third-order valence-corrected chi connectivity index (χ3v) is 5.04. The van der Waals surface area contributed by atoms with Crippen molar-refractivity contribution in [3.63, 3.8) is 0 Å². The molecule has 150 valence electrons. The summed E-state index contributed by atoms with van der Waals surface area (Å²) in [5, 5.41) is 0. The van der Waals surface area contributed by atoms with Gasteiger partial charge in [0.05, 0.1) is 5.56 Å². The van der Waals surface area contributed by atoms with Gasteiger partial charge in [0.1, 0.15) is 19.0 Å². The molecule has 0 fully saturated rings. The van der Waals surface area contributed by atoms with Crippen LogP contribution in [0.4, 0.5) is 0 Å². The molecule has 0 unspecified atom stereocenters. The van der Waals surface area contributed by atoms with Crippen LogP contribution in [0.3, 0.4) is 0 Å². The van der Waals surface area contributed by atoms with Crippen LogP contribution in [0.15, 0.2) is 60.7 Å². The summed E-state index contributed by atoms with van der Waals surface area (Å²) in [4.78, 5) is 12.0. The van der Waals surface area contributed by atoms with Gasteiger partial charge in [-0.25, -0.2) is 4.79 Å². The van der Waals surface area contributed by atoms with E-state index in [4.69, 9.17) is 15.2 Å². The molecule has 29 heavy (non-hydrogen) atoms. The summed E-state index contributed by atoms with van der Waals surface area (Å²) in [6, 6.07) is 19.2. The summed E-state index contributed by atoms with van der Waals surface area (Å²) < 4.78 is 11.1. The molecule has 0 aliphatic heterocycles. The monoisotopic (exact) mass is 389 g/mol. The number of carbonyl (C=O) groups is 1. The predicted molar refractivity (Wildman–Crippen MR) is 116 cm³/mol. The lowest BCUT2D eigenvalue weighted by molar-refractivity contribution is 0.0450. The van der Waals surface area contributed by atoms with Gasteiger partial charge in [0.2, 0.25) is 0 Å². The maximum atomic E-state index is 12.0. The van der Waals surface area contributed by atoms with E-state index < -0.39 is 0 Å². The van der Waals surface area contributed by atoms with Crippen molar-refractivity contribution in [1.29, 1.82) is 0 Å². The van der Waals surface area contributed by atoms with Crippen LogP contribution in [0.1, 0.15) is 32.6 Å². The van der Waals surface area contributed by atoms with Crippen molar-refractivity contribution in [3.05, 3.63) is 88.5 Å². The Balaban J connectivity index is 1.66. The summed E-state index contributed by atoms with van der Waals surface area (Å²) in [6.07, 6.45) is 0. The van der Waals surface area contributed by atoms with E-state index >= 15 is 0 Å². The maximum absolute atomic E-state index is 12.0. The Kier molecular flexibility index (Phi) is 6.68. The van der Waals surface area contributed by atoms with Gasteiger partial charge < -0.3 is 15.2 Å². The Morgan fingerprint density at radius 1 is 0.897 bits per heavy atom. The molecule has 0 saturated heterocycles. The van der Waals surface area contributed by atoms with Crippen molar-refractivity contribution in [2.45, 2.75) is 27.3 Å². The van der Waals surface area contributed by atoms with E-state index in [0.29, 0.717) is 18.7 Å². The number of aryl methyl sites for hydroxylation is 2. The highest BCUT2D eigenvalue weighted by atomic mass is 16.6. The summed E-state index contributed by atoms with van der Waals surface area (Å²) in [5.41, 5.74) is 13.5. The maximum Gasteiger partial charge on any atom is 0.338 e. The zero-order valence-corrected chi connectivity index (χ0v) is 17.2. The SMILES string of the molecule is Cc1cc(OCCOC(=O)c2ccccc2)cc(C)c1-c1cccc(CN)c1C. The van der Waals surface area contributed by atoms with E-state index in [0.717, 1.165) is 22.4 Å². The second-order valence-electron chi connectivity index (χ2n) is 7.08. The molecule has 0 radical (unpaired) electrons. The summed E-state index contributed by atoms with van der Waals surface area (Å²) in [5.74, 6) is 0.430. The van der Waals surface area contributed by atoms with Gasteiger partial charge in [0.15, 0.2) is 0 Å². The van der Waals surface area contributed by atoms with Crippen LogP contribution in [0.5, 0.6) is 5.75 Å². The number of nitrogens with two attached hydrogens (primary N) is 1. The fraction of sp³-hybridized carbons (Fsp3) is 0.240. The first-order valence-electron chi connectivity index (χ1n) is 9.76. The minimum Gasteiger partial charge on any atom is -0.490 e. The second kappa shape index (κ2) is 9.39. The van der Waals surface area contributed by atoms with Crippen LogP contribution in [0.25, 0.3) is 11.1 Å². The van der Waals surface area contributed by atoms with Crippen molar-refractivity contribution in [3.8, 4) is 16.9 Å². The van der Waals surface area contributed by atoms with Gasteiger partial charge >= 0.3 is 5.97 Å². The van der Waals surface area contributed by atoms with Crippen molar-refractivity contribution < 1.29 is 14.3 Å². The van der Waals surface area contributed by atoms with Crippen molar-refractivity contribution in [1.82, 2.24) is 0 Å². The summed E-state index contributed by atoms with van der Waals surface area (Å²) in [6.45, 7) is 7.31. The molecule has 0 aliphatic rings. The van der Waals surface area contributed by atoms with Gasteiger partial charge in [0, 0.05) is 6.54 Å². The van der Waals surface area contributed by atoms with Crippen LogP contribution in [0.2, 0.25) is 0 Å². The Morgan fingerprint density at radius 2 is 1.59 bits per heavy atom. The molecule has 0 aliphatic carbocycles. The fourth-order valence-corrected chi connectivity index (χ4v) is 3.56. The number of hydrogen-bond donors (Lipinski definition) is 1. The van der Waals surface area contributed by atoms with Crippen molar-refractivity contribution in [2.24, 2.45) is 5.73 Å². The molecule has 0 atom stereocenters. The fourth-order valence-electron chi connectivity index (χ4n) is 3.56. The molecular formula is C25H27NO3. The Morgan fingerprint density at radius 3 is 2.24 bits per heavy atom. The molecule has 0 spiro atoms. The number of ether oxygens (including phenoxy) is 2. The highest BCUT2D eigenvalue weighted by Crippen LogP contribution is 2.34. The molecule has 0 bridgehead atoms. The third-order valence-electron chi connectivity index (χ3n) is 5.04. The lowest BCUT2D eigenvalue weighted by Crippen LogP contribution is -2.12. The summed E-state index contributed by atoms with van der Waals surface area (Å²) in [7, 11) is 0. The zero-order chi connectivity index (χ0) is 20.8. The van der Waals surface area contributed by atoms with Gasteiger partial charge in [-0.1, -0.05) is 36.4 Å². The standard InChI is InChI=1S/C25H27NO3/c1-17-14-22(28-12-13-29-25(27)20-8-5-4-6-9-20)15-18(2)24(17)23-11-7-10-21(16-26)19(23)3/h4-11,14-15H,12-13,16,26H2,1-3H3. The molecule has 0 saturated carbocycles. The van der Waals surface area contributed by atoms with E-state index in [2.05, 4.69) is 39.0 Å². The highest BCUT2D eigenvalue weighted by Gasteiger charge is 2.12. The average Bonchev–Trinajstić information content (AvgIpc) is 2.72. The molecule has 0 amide bonds. The van der Waals surface area contributed by atoms with Gasteiger partial charge in [-0.3, -0.25) is 0 Å². The van der Waals surface area contributed by atoms with Crippen LogP contribution < -0.4 is 10.5 Å². The number of rotatable bonds is 7. The van der Waals surface area contributed by atoms with Gasteiger partial charge in [-0.05, 0) is 78.4 Å². The first-order valence-corrected chi connectivity index (χ1v) is 9.76. The highest BCUT2D eigenvalue weighted by molar-refractivity contribution is 5.89. The smallest absolute Gasteiger partial charge is 0.338 e. The largest absolute Gasteiger partial charge is 0.490 e. The third kappa shape index (κ3) is 4.84. The second-order valence-corrected chi connectivity index (χ2v) is 7.08. The molecule has 4 nitrogen and oxygen atoms in total. The minimum absolute atomic E-state index is 0.200. The van der Waals surface area contributed by atoms with Crippen LogP contribution in [-0.2, 0) is 11.3 Å². The predicted octanol–water partition coefficient (Wildman–Crippen LogP) is 4.97. The van der Waals surface area contributed by atoms with E-state index in [1.807, 2.05) is 30.3 Å². The number of hydrogen-bond acceptors (Lipinski definition) is 4. The molecule has 2 N–H and O–H groups in total. The number of esters is 1. The van der Waals surface area contributed by atoms with Crippen LogP contribution in [-0.4, -0.2) is 19.2 Å². The van der Waals surface area contributed by atoms with Crippen LogP contribution >= 0.6 is 0 Å². The zero-order valence-electron chi connectivity index (χ0n) is 17.2. The van der Waals surface area contributed by atoms with Gasteiger partial charge in [-0.15, -0.1) is 0 Å². The molecule has 4 heteroatoms. The minimum atomic E-state index is -0.341. The summed E-state index contributed by atoms with van der Waals surface area (Å²) >= 11 is 0. The van der Waals surface area contributed by atoms with Crippen LogP contribution in [0, 0.1) is 20.8 Å². The number of benzene rings is 3. The lowest BCUT2D eigenvalue weighted by atomic mass is 9.90. The number of carbonyl (C=O) groups excluding carboxylic acids is 1. The molecular weight excluding hydrogens is 362 g/mol. The van der Waals surface area contributed by atoms with Crippen molar-refractivity contribution in [2.75, 3.05) is 13.2 Å². The molecule has 3 aromatic rings. The van der Waals surface area contributed by atoms with E-state index in [1.54, 1.807) is 12.1 Å². The topological polar surface area (TPSA) is 61.5 Å². The Bertz CT molecular complexity index is 973. The molecule has 0 aromatic heterocycles. The normalized spacial score (nSPS) is 10.6. The van der Waals surface area contributed by atoms with E-state index in [-0.39, 0.29) is 12.6 Å². The molecule has 3 rings (SSSR count). The van der Waals surface area contributed by atoms with Gasteiger partial charge in [-0.2, -0.15) is 0 Å². The van der Waals surface area contributed by atoms with Crippen molar-refractivity contribution >= 4 is 5.97 Å². The Labute approximate surface area is 172 Å².